The number of urea groups is 1. The third-order valence-electron chi connectivity index (χ3n) is 2.77. The molecule has 21 heavy (non-hydrogen) atoms. The van der Waals surface area contributed by atoms with Gasteiger partial charge in [0.05, 0.1) is 12.1 Å². The Balaban J connectivity index is 2.33. The van der Waals surface area contributed by atoms with E-state index in [1.807, 2.05) is 0 Å². The van der Waals surface area contributed by atoms with E-state index in [-0.39, 0.29) is 18.0 Å². The van der Waals surface area contributed by atoms with E-state index >= 15 is 0 Å². The predicted octanol–water partition coefficient (Wildman–Crippen LogP) is 0.315. The maximum absolute atomic E-state index is 11.4. The molecule has 7 heteroatoms. The third kappa shape index (κ3) is 5.94. The molecule has 0 aliphatic rings. The number of hydrogen-bond donors (Lipinski definition) is 3. The van der Waals surface area contributed by atoms with E-state index in [4.69, 9.17) is 5.11 Å². The molecule has 114 valence electrons. The van der Waals surface area contributed by atoms with Crippen molar-refractivity contribution in [3.8, 4) is 0 Å². The molecule has 3 N–H and O–H groups in total. The lowest BCUT2D eigenvalue weighted by Crippen LogP contribution is -2.42. The summed E-state index contributed by atoms with van der Waals surface area (Å²) < 4.78 is 0. The highest BCUT2D eigenvalue weighted by Crippen LogP contribution is 2.05. The summed E-state index contributed by atoms with van der Waals surface area (Å²) in [6.07, 6.45) is 0.510. The Labute approximate surface area is 122 Å². The van der Waals surface area contributed by atoms with E-state index in [2.05, 4.69) is 10.6 Å². The van der Waals surface area contributed by atoms with E-state index in [9.17, 15) is 14.4 Å². The lowest BCUT2D eigenvalue weighted by Gasteiger charge is -2.11. The minimum absolute atomic E-state index is 0.0622. The van der Waals surface area contributed by atoms with Crippen molar-refractivity contribution in [2.45, 2.75) is 6.42 Å². The molecule has 0 saturated carbocycles. The normalized spacial score (nSPS) is 9.81. The minimum Gasteiger partial charge on any atom is -0.478 e. The lowest BCUT2D eigenvalue weighted by molar-refractivity contribution is -0.127. The second kappa shape index (κ2) is 7.88. The van der Waals surface area contributed by atoms with Gasteiger partial charge in [-0.2, -0.15) is 0 Å². The zero-order valence-corrected chi connectivity index (χ0v) is 12.0. The molecule has 0 bridgehead atoms. The van der Waals surface area contributed by atoms with Gasteiger partial charge in [0.25, 0.3) is 0 Å². The number of benzene rings is 1. The molecule has 0 atom stereocenters. The monoisotopic (exact) mass is 293 g/mol. The number of carbonyl (C=O) groups is 3. The minimum atomic E-state index is -0.982. The van der Waals surface area contributed by atoms with Crippen LogP contribution < -0.4 is 10.6 Å². The number of amides is 3. The fourth-order valence-electron chi connectivity index (χ4n) is 1.56. The molecule has 0 spiro atoms. The van der Waals surface area contributed by atoms with Crippen LogP contribution in [0.25, 0.3) is 0 Å². The van der Waals surface area contributed by atoms with Gasteiger partial charge in [-0.25, -0.2) is 9.59 Å². The summed E-state index contributed by atoms with van der Waals surface area (Å²) in [6.45, 7) is 0.290. The Bertz CT molecular complexity index is 529. The Morgan fingerprint density at radius 2 is 1.90 bits per heavy atom. The first-order valence-electron chi connectivity index (χ1n) is 6.44. The van der Waals surface area contributed by atoms with E-state index in [0.29, 0.717) is 13.0 Å². The molecule has 0 aliphatic carbocycles. The van der Waals surface area contributed by atoms with Crippen molar-refractivity contribution in [3.05, 3.63) is 35.4 Å². The van der Waals surface area contributed by atoms with Gasteiger partial charge in [-0.15, -0.1) is 0 Å². The van der Waals surface area contributed by atoms with Crippen LogP contribution in [0.5, 0.6) is 0 Å². The van der Waals surface area contributed by atoms with Crippen molar-refractivity contribution in [2.24, 2.45) is 0 Å². The summed E-state index contributed by atoms with van der Waals surface area (Å²) >= 11 is 0. The Morgan fingerprint density at radius 1 is 1.19 bits per heavy atom. The van der Waals surface area contributed by atoms with Crippen molar-refractivity contribution in [3.63, 3.8) is 0 Å². The largest absolute Gasteiger partial charge is 0.478 e. The summed E-state index contributed by atoms with van der Waals surface area (Å²) in [5.41, 5.74) is 1.04. The highest BCUT2D eigenvalue weighted by molar-refractivity contribution is 5.87. The van der Waals surface area contributed by atoms with E-state index in [1.54, 1.807) is 32.3 Å². The molecule has 1 aromatic carbocycles. The van der Waals surface area contributed by atoms with Crippen molar-refractivity contribution in [2.75, 3.05) is 27.2 Å². The van der Waals surface area contributed by atoms with Crippen LogP contribution in [-0.2, 0) is 11.2 Å². The van der Waals surface area contributed by atoms with Crippen LogP contribution in [0, 0.1) is 0 Å². The summed E-state index contributed by atoms with van der Waals surface area (Å²) in [5, 5.41) is 13.9. The van der Waals surface area contributed by atoms with Gasteiger partial charge < -0.3 is 20.6 Å². The number of likely N-dealkylation sites (N-methyl/N-ethyl adjacent to an activating group) is 1. The van der Waals surface area contributed by atoms with Gasteiger partial charge in [-0.1, -0.05) is 12.1 Å². The van der Waals surface area contributed by atoms with Crippen LogP contribution in [0.3, 0.4) is 0 Å². The van der Waals surface area contributed by atoms with Crippen LogP contribution in [0.1, 0.15) is 15.9 Å². The van der Waals surface area contributed by atoms with Crippen LogP contribution in [0.2, 0.25) is 0 Å². The maximum atomic E-state index is 11.4. The molecule has 1 aromatic rings. The number of carbonyl (C=O) groups excluding carboxylic acids is 2. The van der Waals surface area contributed by atoms with Gasteiger partial charge in [0.15, 0.2) is 0 Å². The van der Waals surface area contributed by atoms with E-state index < -0.39 is 12.0 Å². The summed E-state index contributed by atoms with van der Waals surface area (Å²) in [6, 6.07) is 6.10. The first kappa shape index (κ1) is 16.5. The zero-order chi connectivity index (χ0) is 15.8. The number of hydrogen-bond acceptors (Lipinski definition) is 3. The van der Waals surface area contributed by atoms with Crippen molar-refractivity contribution >= 4 is 17.9 Å². The van der Waals surface area contributed by atoms with Gasteiger partial charge in [0.1, 0.15) is 0 Å². The van der Waals surface area contributed by atoms with Crippen LogP contribution >= 0.6 is 0 Å². The van der Waals surface area contributed by atoms with Crippen LogP contribution in [0.15, 0.2) is 24.3 Å². The van der Waals surface area contributed by atoms with Gasteiger partial charge >= 0.3 is 12.0 Å². The summed E-state index contributed by atoms with van der Waals surface area (Å²) in [4.78, 5) is 34.9. The van der Waals surface area contributed by atoms with Crippen LogP contribution in [-0.4, -0.2) is 55.1 Å². The second-order valence-corrected chi connectivity index (χ2v) is 4.65. The van der Waals surface area contributed by atoms with Gasteiger partial charge in [-0.3, -0.25) is 4.79 Å². The number of nitrogens with zero attached hydrogens (tertiary/aromatic N) is 1. The van der Waals surface area contributed by atoms with E-state index in [0.717, 1.165) is 5.56 Å². The molecule has 3 amide bonds. The SMILES string of the molecule is CN(C)C(=O)CNC(=O)NCCc1cccc(C(=O)O)c1. The summed E-state index contributed by atoms with van der Waals surface area (Å²) in [5.74, 6) is -1.18. The molecule has 0 fully saturated rings. The Morgan fingerprint density at radius 3 is 2.52 bits per heavy atom. The number of rotatable bonds is 6. The number of aromatic carboxylic acids is 1. The predicted molar refractivity (Wildman–Crippen MR) is 77.2 cm³/mol. The zero-order valence-electron chi connectivity index (χ0n) is 12.0. The van der Waals surface area contributed by atoms with Gasteiger partial charge in [-0.05, 0) is 24.1 Å². The molecule has 7 nitrogen and oxygen atoms in total. The number of nitrogens with one attached hydrogen (secondary N) is 2. The van der Waals surface area contributed by atoms with Crippen LogP contribution in [0.4, 0.5) is 4.79 Å². The Hall–Kier alpha value is -2.57. The molecule has 1 rings (SSSR count). The fraction of sp³-hybridized carbons (Fsp3) is 0.357. The topological polar surface area (TPSA) is 98.7 Å². The molecule has 0 radical (unpaired) electrons. The van der Waals surface area contributed by atoms with Crippen molar-refractivity contribution in [1.29, 1.82) is 0 Å². The first-order chi connectivity index (χ1) is 9.90. The average Bonchev–Trinajstić information content (AvgIpc) is 2.44. The molecule has 0 unspecified atom stereocenters. The number of carboxylic acids is 1. The highest BCUT2D eigenvalue weighted by atomic mass is 16.4. The first-order valence-corrected chi connectivity index (χ1v) is 6.44. The average molecular weight is 293 g/mol. The molecule has 0 aromatic heterocycles. The quantitative estimate of drug-likeness (QED) is 0.703. The molecular formula is C14H19N3O4. The molecular weight excluding hydrogens is 274 g/mol. The van der Waals surface area contributed by atoms with Crippen molar-refractivity contribution < 1.29 is 19.5 Å². The maximum Gasteiger partial charge on any atom is 0.335 e. The Kier molecular flexibility index (Phi) is 6.19. The molecule has 0 saturated heterocycles. The molecule has 0 aliphatic heterocycles. The van der Waals surface area contributed by atoms with Crippen molar-refractivity contribution in [1.82, 2.24) is 15.5 Å². The van der Waals surface area contributed by atoms with Gasteiger partial charge in [0.2, 0.25) is 5.91 Å². The summed E-state index contributed by atoms with van der Waals surface area (Å²) in [7, 11) is 3.22. The second-order valence-electron chi connectivity index (χ2n) is 4.65. The molecule has 0 heterocycles. The standard InChI is InChI=1S/C14H19N3O4/c1-17(2)12(18)9-16-14(21)15-7-6-10-4-3-5-11(8-10)13(19)20/h3-5,8H,6-7,9H2,1-2H3,(H,19,20)(H2,15,16,21). The fourth-order valence-corrected chi connectivity index (χ4v) is 1.56. The lowest BCUT2D eigenvalue weighted by atomic mass is 10.1. The van der Waals surface area contributed by atoms with E-state index in [1.165, 1.54) is 11.0 Å². The smallest absolute Gasteiger partial charge is 0.335 e. The number of carboxylic acid groups (broad SMARTS) is 1. The third-order valence-corrected chi connectivity index (χ3v) is 2.77. The van der Waals surface area contributed by atoms with Gasteiger partial charge in [0, 0.05) is 20.6 Å². The highest BCUT2D eigenvalue weighted by Gasteiger charge is 2.07.